The third-order valence-corrected chi connectivity index (χ3v) is 2.38. The van der Waals surface area contributed by atoms with Gasteiger partial charge in [0.1, 0.15) is 5.78 Å². The fourth-order valence-electron chi connectivity index (χ4n) is 1.87. The Morgan fingerprint density at radius 2 is 2.40 bits per heavy atom. The summed E-state index contributed by atoms with van der Waals surface area (Å²) in [7, 11) is 0. The van der Waals surface area contributed by atoms with E-state index in [-0.39, 0.29) is 11.8 Å². The summed E-state index contributed by atoms with van der Waals surface area (Å²) in [6.45, 7) is 1.66. The van der Waals surface area contributed by atoms with Crippen LogP contribution in [0.2, 0.25) is 0 Å². The van der Waals surface area contributed by atoms with Gasteiger partial charge in [-0.3, -0.25) is 4.79 Å². The first-order valence-corrected chi connectivity index (χ1v) is 3.72. The second-order valence-electron chi connectivity index (χ2n) is 3.15. The van der Waals surface area contributed by atoms with Crippen molar-refractivity contribution in [1.29, 1.82) is 0 Å². The maximum absolute atomic E-state index is 10.9. The van der Waals surface area contributed by atoms with Gasteiger partial charge in [0, 0.05) is 12.0 Å². The molecule has 0 spiro atoms. The summed E-state index contributed by atoms with van der Waals surface area (Å²) in [6, 6.07) is 0.605. The van der Waals surface area contributed by atoms with E-state index in [0.29, 0.717) is 12.0 Å². The molecule has 1 aliphatic heterocycles. The Kier molecular flexibility index (Phi) is 1.17. The smallest absolute Gasteiger partial charge is 0.147 e. The monoisotopic (exact) mass is 137 g/mol. The first-order chi connectivity index (χ1) is 4.77. The van der Waals surface area contributed by atoms with Crippen molar-refractivity contribution in [2.24, 2.45) is 5.92 Å². The predicted molar refractivity (Wildman–Crippen MR) is 38.6 cm³/mol. The van der Waals surface area contributed by atoms with Crippen LogP contribution in [0.15, 0.2) is 12.2 Å². The molecule has 2 nitrogen and oxygen atoms in total. The molecular weight excluding hydrogens is 126 g/mol. The third-order valence-electron chi connectivity index (χ3n) is 2.38. The molecule has 2 bridgehead atoms. The van der Waals surface area contributed by atoms with Crippen LogP contribution in [-0.4, -0.2) is 17.9 Å². The number of Topliss-reactive ketones (excluding diaryl/α,β-unsaturated/α-hetero) is 1. The lowest BCUT2D eigenvalue weighted by atomic mass is 10.0. The summed E-state index contributed by atoms with van der Waals surface area (Å²) >= 11 is 0. The number of hydrogen-bond acceptors (Lipinski definition) is 2. The highest BCUT2D eigenvalue weighted by Gasteiger charge is 2.37. The normalized spacial score (nSPS) is 42.7. The van der Waals surface area contributed by atoms with Crippen LogP contribution in [0.1, 0.15) is 13.3 Å². The van der Waals surface area contributed by atoms with Crippen LogP contribution >= 0.6 is 0 Å². The SMILES string of the molecule is CC(=O)C1NC2C=CC1C2. The van der Waals surface area contributed by atoms with Crippen LogP contribution in [0.3, 0.4) is 0 Å². The molecule has 2 aliphatic rings. The van der Waals surface area contributed by atoms with E-state index in [4.69, 9.17) is 0 Å². The van der Waals surface area contributed by atoms with E-state index in [9.17, 15) is 4.79 Å². The average Bonchev–Trinajstić information content (AvgIpc) is 2.44. The van der Waals surface area contributed by atoms with Crippen molar-refractivity contribution in [2.45, 2.75) is 25.4 Å². The van der Waals surface area contributed by atoms with E-state index in [2.05, 4.69) is 17.5 Å². The van der Waals surface area contributed by atoms with Crippen LogP contribution in [0, 0.1) is 5.92 Å². The van der Waals surface area contributed by atoms with Crippen molar-refractivity contribution in [2.75, 3.05) is 0 Å². The molecule has 3 unspecified atom stereocenters. The van der Waals surface area contributed by atoms with Gasteiger partial charge in [-0.1, -0.05) is 12.2 Å². The highest BCUT2D eigenvalue weighted by molar-refractivity contribution is 5.82. The maximum atomic E-state index is 10.9. The fraction of sp³-hybridized carbons (Fsp3) is 0.625. The molecule has 0 amide bonds. The summed E-state index contributed by atoms with van der Waals surface area (Å²) in [5.41, 5.74) is 0. The maximum Gasteiger partial charge on any atom is 0.147 e. The molecule has 1 saturated heterocycles. The summed E-state index contributed by atoms with van der Waals surface area (Å²) in [5.74, 6) is 0.763. The van der Waals surface area contributed by atoms with E-state index < -0.39 is 0 Å². The molecule has 2 rings (SSSR count). The number of ketones is 1. The number of fused-ring (bicyclic) bond motifs is 2. The van der Waals surface area contributed by atoms with Gasteiger partial charge < -0.3 is 5.32 Å². The number of carbonyl (C=O) groups excluding carboxylic acids is 1. The van der Waals surface area contributed by atoms with Gasteiger partial charge in [-0.05, 0) is 13.3 Å². The highest BCUT2D eigenvalue weighted by Crippen LogP contribution is 2.29. The number of rotatable bonds is 1. The summed E-state index contributed by atoms with van der Waals surface area (Å²) in [4.78, 5) is 10.9. The summed E-state index contributed by atoms with van der Waals surface area (Å²) in [6.07, 6.45) is 5.45. The first kappa shape index (κ1) is 6.10. The highest BCUT2D eigenvalue weighted by atomic mass is 16.1. The molecule has 1 fully saturated rings. The van der Waals surface area contributed by atoms with Crippen LogP contribution in [-0.2, 0) is 4.79 Å². The molecule has 1 heterocycles. The second-order valence-corrected chi connectivity index (χ2v) is 3.15. The molecule has 3 atom stereocenters. The summed E-state index contributed by atoms with van der Waals surface area (Å²) < 4.78 is 0. The first-order valence-electron chi connectivity index (χ1n) is 3.72. The van der Waals surface area contributed by atoms with E-state index in [1.54, 1.807) is 6.92 Å². The number of hydrogen-bond donors (Lipinski definition) is 1. The summed E-state index contributed by atoms with van der Waals surface area (Å²) in [5, 5.41) is 3.25. The minimum atomic E-state index is 0.120. The van der Waals surface area contributed by atoms with Crippen molar-refractivity contribution in [3.63, 3.8) is 0 Å². The standard InChI is InChI=1S/C8H11NO/c1-5(10)8-6-2-3-7(4-6)9-8/h2-3,6-9H,4H2,1H3. The Hall–Kier alpha value is -0.630. The minimum absolute atomic E-state index is 0.120. The van der Waals surface area contributed by atoms with Crippen LogP contribution < -0.4 is 5.32 Å². The molecule has 0 aromatic rings. The fourth-order valence-corrected chi connectivity index (χ4v) is 1.87. The van der Waals surface area contributed by atoms with E-state index in [1.165, 1.54) is 0 Å². The van der Waals surface area contributed by atoms with Crippen molar-refractivity contribution in [3.05, 3.63) is 12.2 Å². The largest absolute Gasteiger partial charge is 0.301 e. The zero-order valence-corrected chi connectivity index (χ0v) is 6.00. The van der Waals surface area contributed by atoms with Crippen LogP contribution in [0.4, 0.5) is 0 Å². The van der Waals surface area contributed by atoms with Gasteiger partial charge in [0.25, 0.3) is 0 Å². The van der Waals surface area contributed by atoms with Crippen molar-refractivity contribution in [1.82, 2.24) is 5.32 Å². The number of nitrogens with one attached hydrogen (secondary N) is 1. The zero-order chi connectivity index (χ0) is 7.14. The molecule has 0 radical (unpaired) electrons. The van der Waals surface area contributed by atoms with Gasteiger partial charge in [0.05, 0.1) is 6.04 Å². The zero-order valence-electron chi connectivity index (χ0n) is 6.00. The van der Waals surface area contributed by atoms with Crippen LogP contribution in [0.5, 0.6) is 0 Å². The molecular formula is C8H11NO. The quantitative estimate of drug-likeness (QED) is 0.533. The lowest BCUT2D eigenvalue weighted by Gasteiger charge is -2.15. The van der Waals surface area contributed by atoms with E-state index in [1.807, 2.05) is 0 Å². The second kappa shape index (κ2) is 1.92. The van der Waals surface area contributed by atoms with Gasteiger partial charge in [-0.2, -0.15) is 0 Å². The Morgan fingerprint density at radius 1 is 1.60 bits per heavy atom. The van der Waals surface area contributed by atoms with E-state index >= 15 is 0 Å². The number of carbonyl (C=O) groups is 1. The van der Waals surface area contributed by atoms with Crippen molar-refractivity contribution >= 4 is 5.78 Å². The van der Waals surface area contributed by atoms with Crippen molar-refractivity contribution in [3.8, 4) is 0 Å². The average molecular weight is 137 g/mol. The van der Waals surface area contributed by atoms with Crippen molar-refractivity contribution < 1.29 is 4.79 Å². The Labute approximate surface area is 60.3 Å². The molecule has 54 valence electrons. The lowest BCUT2D eigenvalue weighted by molar-refractivity contribution is -0.119. The molecule has 2 heteroatoms. The lowest BCUT2D eigenvalue weighted by Crippen LogP contribution is -2.38. The minimum Gasteiger partial charge on any atom is -0.301 e. The Bertz CT molecular complexity index is 197. The predicted octanol–water partition coefficient (Wildman–Crippen LogP) is 0.492. The molecule has 1 N–H and O–H groups in total. The van der Waals surface area contributed by atoms with Gasteiger partial charge in [-0.15, -0.1) is 0 Å². The Balaban J connectivity index is 2.16. The molecule has 0 saturated carbocycles. The Morgan fingerprint density at radius 3 is 2.70 bits per heavy atom. The molecule has 0 aromatic carbocycles. The van der Waals surface area contributed by atoms with Gasteiger partial charge in [0.2, 0.25) is 0 Å². The third kappa shape index (κ3) is 0.721. The van der Waals surface area contributed by atoms with Crippen LogP contribution in [0.25, 0.3) is 0 Å². The van der Waals surface area contributed by atoms with Gasteiger partial charge in [-0.25, -0.2) is 0 Å². The molecule has 1 aliphatic carbocycles. The molecule has 10 heavy (non-hydrogen) atoms. The van der Waals surface area contributed by atoms with Gasteiger partial charge >= 0.3 is 0 Å². The van der Waals surface area contributed by atoms with Gasteiger partial charge in [0.15, 0.2) is 0 Å². The topological polar surface area (TPSA) is 29.1 Å². The van der Waals surface area contributed by atoms with E-state index in [0.717, 1.165) is 6.42 Å². The molecule has 0 aromatic heterocycles.